The largest absolute Gasteiger partial charge is 0.507 e. The number of aromatic hydroxyl groups is 1. The standard InChI is InChI=1S/C24H23NO4/c1-18-9-8-14-21(23(18)27)24(28)29-17-22(26)25(15-19-10-4-2-5-11-19)16-20-12-6-3-7-13-20/h2-14,27H,15-17H2,1H3. The second-order valence-corrected chi connectivity index (χ2v) is 6.77. The summed E-state index contributed by atoms with van der Waals surface area (Å²) in [5, 5.41) is 10.0. The molecule has 3 aromatic carbocycles. The lowest BCUT2D eigenvalue weighted by Gasteiger charge is -2.23. The predicted octanol–water partition coefficient (Wildman–Crippen LogP) is 4.09. The van der Waals surface area contributed by atoms with Crippen molar-refractivity contribution in [2.75, 3.05) is 6.61 Å². The van der Waals surface area contributed by atoms with Crippen LogP contribution in [-0.4, -0.2) is 28.5 Å². The summed E-state index contributed by atoms with van der Waals surface area (Å²) >= 11 is 0. The third-order valence-electron chi connectivity index (χ3n) is 4.57. The van der Waals surface area contributed by atoms with Crippen molar-refractivity contribution in [3.63, 3.8) is 0 Å². The Bertz CT molecular complexity index is 929. The van der Waals surface area contributed by atoms with Crippen molar-refractivity contribution in [1.29, 1.82) is 0 Å². The Hall–Kier alpha value is -3.60. The summed E-state index contributed by atoms with van der Waals surface area (Å²) in [7, 11) is 0. The molecule has 0 saturated heterocycles. The van der Waals surface area contributed by atoms with Crippen molar-refractivity contribution in [2.45, 2.75) is 20.0 Å². The summed E-state index contributed by atoms with van der Waals surface area (Å²) in [5.41, 5.74) is 2.59. The highest BCUT2D eigenvalue weighted by atomic mass is 16.5. The van der Waals surface area contributed by atoms with E-state index in [0.717, 1.165) is 11.1 Å². The van der Waals surface area contributed by atoms with Crippen LogP contribution in [0.1, 0.15) is 27.0 Å². The Balaban J connectivity index is 1.70. The van der Waals surface area contributed by atoms with E-state index in [-0.39, 0.29) is 17.2 Å². The summed E-state index contributed by atoms with van der Waals surface area (Å²) < 4.78 is 5.19. The average Bonchev–Trinajstić information content (AvgIpc) is 2.75. The first-order chi connectivity index (χ1) is 14.0. The summed E-state index contributed by atoms with van der Waals surface area (Å²) in [5.74, 6) is -1.16. The number of phenolic OH excluding ortho intramolecular Hbond substituents is 1. The molecular formula is C24H23NO4. The van der Waals surface area contributed by atoms with Crippen molar-refractivity contribution in [3.05, 3.63) is 101 Å². The highest BCUT2D eigenvalue weighted by molar-refractivity contribution is 5.94. The fourth-order valence-electron chi connectivity index (χ4n) is 2.96. The van der Waals surface area contributed by atoms with Crippen LogP contribution in [0.15, 0.2) is 78.9 Å². The van der Waals surface area contributed by atoms with E-state index in [1.165, 1.54) is 6.07 Å². The normalized spacial score (nSPS) is 10.4. The summed E-state index contributed by atoms with van der Waals surface area (Å²) in [6.07, 6.45) is 0. The van der Waals surface area contributed by atoms with E-state index in [9.17, 15) is 14.7 Å². The number of benzene rings is 3. The summed E-state index contributed by atoms with van der Waals surface area (Å²) in [6, 6.07) is 24.1. The number of phenols is 1. The van der Waals surface area contributed by atoms with E-state index < -0.39 is 12.6 Å². The lowest BCUT2D eigenvalue weighted by Crippen LogP contribution is -2.34. The molecular weight excluding hydrogens is 366 g/mol. The van der Waals surface area contributed by atoms with Gasteiger partial charge in [0, 0.05) is 13.1 Å². The van der Waals surface area contributed by atoms with E-state index in [0.29, 0.717) is 18.7 Å². The van der Waals surface area contributed by atoms with E-state index in [2.05, 4.69) is 0 Å². The van der Waals surface area contributed by atoms with Gasteiger partial charge in [-0.2, -0.15) is 0 Å². The molecule has 0 saturated carbocycles. The lowest BCUT2D eigenvalue weighted by atomic mass is 10.1. The number of carbonyl (C=O) groups excluding carboxylic acids is 2. The molecule has 0 aliphatic heterocycles. The second kappa shape index (κ2) is 9.55. The fourth-order valence-corrected chi connectivity index (χ4v) is 2.96. The molecule has 1 N–H and O–H groups in total. The highest BCUT2D eigenvalue weighted by Gasteiger charge is 2.19. The molecule has 148 valence electrons. The zero-order valence-corrected chi connectivity index (χ0v) is 16.2. The molecule has 0 radical (unpaired) electrons. The molecule has 0 heterocycles. The Labute approximate surface area is 170 Å². The number of hydrogen-bond donors (Lipinski definition) is 1. The van der Waals surface area contributed by atoms with E-state index in [4.69, 9.17) is 4.74 Å². The van der Waals surface area contributed by atoms with Gasteiger partial charge in [-0.3, -0.25) is 4.79 Å². The van der Waals surface area contributed by atoms with Crippen LogP contribution in [0, 0.1) is 6.92 Å². The number of carbonyl (C=O) groups is 2. The van der Waals surface area contributed by atoms with Gasteiger partial charge < -0.3 is 14.7 Å². The minimum Gasteiger partial charge on any atom is -0.507 e. The first kappa shape index (κ1) is 20.1. The summed E-state index contributed by atoms with van der Waals surface area (Å²) in [4.78, 5) is 26.8. The van der Waals surface area contributed by atoms with Crippen LogP contribution in [0.5, 0.6) is 5.75 Å². The topological polar surface area (TPSA) is 66.8 Å². The maximum Gasteiger partial charge on any atom is 0.342 e. The molecule has 0 aliphatic carbocycles. The van der Waals surface area contributed by atoms with Crippen molar-refractivity contribution in [1.82, 2.24) is 4.90 Å². The molecule has 5 nitrogen and oxygen atoms in total. The molecule has 0 atom stereocenters. The van der Waals surface area contributed by atoms with Crippen molar-refractivity contribution in [2.24, 2.45) is 0 Å². The summed E-state index contributed by atoms with van der Waals surface area (Å²) in [6.45, 7) is 2.11. The maximum absolute atomic E-state index is 12.8. The van der Waals surface area contributed by atoms with Crippen LogP contribution in [0.4, 0.5) is 0 Å². The zero-order chi connectivity index (χ0) is 20.6. The van der Waals surface area contributed by atoms with E-state index >= 15 is 0 Å². The molecule has 0 aromatic heterocycles. The molecule has 0 aliphatic rings. The van der Waals surface area contributed by atoms with Crippen LogP contribution >= 0.6 is 0 Å². The van der Waals surface area contributed by atoms with Crippen molar-refractivity contribution < 1.29 is 19.4 Å². The Morgan fingerprint density at radius 1 is 0.828 bits per heavy atom. The number of para-hydroxylation sites is 1. The molecule has 0 fully saturated rings. The number of rotatable bonds is 7. The first-order valence-corrected chi connectivity index (χ1v) is 9.36. The Morgan fingerprint density at radius 3 is 1.93 bits per heavy atom. The average molecular weight is 389 g/mol. The second-order valence-electron chi connectivity index (χ2n) is 6.77. The van der Waals surface area contributed by atoms with Crippen LogP contribution in [0.3, 0.4) is 0 Å². The number of ether oxygens (including phenoxy) is 1. The maximum atomic E-state index is 12.8. The van der Waals surface area contributed by atoms with Gasteiger partial charge in [0.2, 0.25) is 0 Å². The van der Waals surface area contributed by atoms with Gasteiger partial charge in [0.05, 0.1) is 0 Å². The Morgan fingerprint density at radius 2 is 1.38 bits per heavy atom. The van der Waals surface area contributed by atoms with Crippen LogP contribution in [0.25, 0.3) is 0 Å². The SMILES string of the molecule is Cc1cccc(C(=O)OCC(=O)N(Cc2ccccc2)Cc2ccccc2)c1O. The van der Waals surface area contributed by atoms with Gasteiger partial charge in [0.25, 0.3) is 5.91 Å². The van der Waals surface area contributed by atoms with Crippen LogP contribution in [0.2, 0.25) is 0 Å². The van der Waals surface area contributed by atoms with E-state index in [1.807, 2.05) is 60.7 Å². The Kier molecular flexibility index (Phi) is 6.63. The predicted molar refractivity (Wildman–Crippen MR) is 110 cm³/mol. The smallest absolute Gasteiger partial charge is 0.342 e. The number of hydrogen-bond acceptors (Lipinski definition) is 4. The number of amides is 1. The quantitative estimate of drug-likeness (QED) is 0.618. The van der Waals surface area contributed by atoms with Gasteiger partial charge in [-0.15, -0.1) is 0 Å². The third-order valence-corrected chi connectivity index (χ3v) is 4.57. The van der Waals surface area contributed by atoms with Gasteiger partial charge in [0.15, 0.2) is 6.61 Å². The van der Waals surface area contributed by atoms with Gasteiger partial charge in [0.1, 0.15) is 11.3 Å². The monoisotopic (exact) mass is 389 g/mol. The molecule has 5 heteroatoms. The fraction of sp³-hybridized carbons (Fsp3) is 0.167. The van der Waals surface area contributed by atoms with Gasteiger partial charge in [-0.1, -0.05) is 72.8 Å². The number of esters is 1. The van der Waals surface area contributed by atoms with Gasteiger partial charge >= 0.3 is 5.97 Å². The molecule has 3 aromatic rings. The molecule has 29 heavy (non-hydrogen) atoms. The van der Waals surface area contributed by atoms with Gasteiger partial charge in [-0.05, 0) is 29.7 Å². The van der Waals surface area contributed by atoms with Crippen molar-refractivity contribution >= 4 is 11.9 Å². The third kappa shape index (κ3) is 5.45. The highest BCUT2D eigenvalue weighted by Crippen LogP contribution is 2.22. The lowest BCUT2D eigenvalue weighted by molar-refractivity contribution is -0.135. The molecule has 0 bridgehead atoms. The van der Waals surface area contributed by atoms with Crippen LogP contribution < -0.4 is 0 Å². The molecule has 3 rings (SSSR count). The zero-order valence-electron chi connectivity index (χ0n) is 16.2. The first-order valence-electron chi connectivity index (χ1n) is 9.36. The number of nitrogens with zero attached hydrogens (tertiary/aromatic N) is 1. The number of aryl methyl sites for hydroxylation is 1. The molecule has 0 unspecified atom stereocenters. The molecule has 1 amide bonds. The minimum absolute atomic E-state index is 0.0514. The van der Waals surface area contributed by atoms with Gasteiger partial charge in [-0.25, -0.2) is 4.79 Å². The molecule has 0 spiro atoms. The minimum atomic E-state index is -0.723. The van der Waals surface area contributed by atoms with Crippen LogP contribution in [-0.2, 0) is 22.6 Å². The van der Waals surface area contributed by atoms with E-state index in [1.54, 1.807) is 24.0 Å². The van der Waals surface area contributed by atoms with Crippen molar-refractivity contribution in [3.8, 4) is 5.75 Å².